The lowest BCUT2D eigenvalue weighted by molar-refractivity contribution is 0.196. The molecular formula is C8H9BrClN3O. The Labute approximate surface area is 95.2 Å². The van der Waals surface area contributed by atoms with Crippen LogP contribution < -0.4 is 5.32 Å². The smallest absolute Gasteiger partial charge is 0.223 e. The second-order valence-electron chi connectivity index (χ2n) is 3.03. The van der Waals surface area contributed by atoms with Crippen LogP contribution in [0.4, 0.5) is 5.95 Å². The van der Waals surface area contributed by atoms with Crippen molar-refractivity contribution in [1.29, 1.82) is 0 Å². The summed E-state index contributed by atoms with van der Waals surface area (Å²) < 4.78 is 6.06. The van der Waals surface area contributed by atoms with Gasteiger partial charge in [0.1, 0.15) is 0 Å². The molecule has 1 aliphatic rings. The van der Waals surface area contributed by atoms with Gasteiger partial charge in [-0.05, 0) is 15.9 Å². The van der Waals surface area contributed by atoms with Gasteiger partial charge in [0.15, 0.2) is 0 Å². The van der Waals surface area contributed by atoms with Crippen LogP contribution in [0, 0.1) is 0 Å². The highest BCUT2D eigenvalue weighted by atomic mass is 79.9. The molecule has 0 amide bonds. The van der Waals surface area contributed by atoms with Crippen molar-refractivity contribution in [2.45, 2.75) is 11.4 Å². The number of rotatable bonds is 2. The zero-order valence-electron chi connectivity index (χ0n) is 7.28. The van der Waals surface area contributed by atoms with Crippen molar-refractivity contribution in [3.8, 4) is 0 Å². The van der Waals surface area contributed by atoms with Gasteiger partial charge in [0.05, 0.1) is 29.1 Å². The predicted molar refractivity (Wildman–Crippen MR) is 57.6 cm³/mol. The molecule has 2 atom stereocenters. The van der Waals surface area contributed by atoms with E-state index in [1.807, 2.05) is 0 Å². The van der Waals surface area contributed by atoms with E-state index >= 15 is 0 Å². The fourth-order valence-electron chi connectivity index (χ4n) is 1.21. The summed E-state index contributed by atoms with van der Waals surface area (Å²) in [6.45, 7) is 1.18. The minimum absolute atomic E-state index is 0.0118. The molecule has 1 fully saturated rings. The van der Waals surface area contributed by atoms with E-state index in [9.17, 15) is 0 Å². The minimum Gasteiger partial charge on any atom is -0.378 e. The van der Waals surface area contributed by atoms with Gasteiger partial charge in [-0.25, -0.2) is 9.97 Å². The van der Waals surface area contributed by atoms with E-state index in [1.54, 1.807) is 12.4 Å². The lowest BCUT2D eigenvalue weighted by Gasteiger charge is -2.13. The average Bonchev–Trinajstić information content (AvgIpc) is 2.56. The molecule has 76 valence electrons. The van der Waals surface area contributed by atoms with E-state index < -0.39 is 0 Å². The molecule has 0 aliphatic carbocycles. The van der Waals surface area contributed by atoms with E-state index in [-0.39, 0.29) is 11.4 Å². The van der Waals surface area contributed by atoms with Crippen LogP contribution in [0.1, 0.15) is 0 Å². The second kappa shape index (κ2) is 4.42. The van der Waals surface area contributed by atoms with Gasteiger partial charge >= 0.3 is 0 Å². The molecule has 4 nitrogen and oxygen atoms in total. The number of hydrogen-bond donors (Lipinski definition) is 1. The van der Waals surface area contributed by atoms with Crippen molar-refractivity contribution in [2.24, 2.45) is 0 Å². The summed E-state index contributed by atoms with van der Waals surface area (Å²) in [5.41, 5.74) is 0. The molecule has 2 rings (SSSR count). The lowest BCUT2D eigenvalue weighted by atomic mass is 10.2. The second-order valence-corrected chi connectivity index (χ2v) is 4.51. The number of alkyl halides is 1. The van der Waals surface area contributed by atoms with Crippen molar-refractivity contribution < 1.29 is 4.74 Å². The lowest BCUT2D eigenvalue weighted by Crippen LogP contribution is -2.29. The molecule has 1 aromatic rings. The third-order valence-electron chi connectivity index (χ3n) is 1.95. The number of anilines is 1. The van der Waals surface area contributed by atoms with Crippen molar-refractivity contribution in [3.63, 3.8) is 0 Å². The Hall–Kier alpha value is -0.390. The Morgan fingerprint density at radius 1 is 1.43 bits per heavy atom. The quantitative estimate of drug-likeness (QED) is 0.836. The highest BCUT2D eigenvalue weighted by Gasteiger charge is 2.26. The Morgan fingerprint density at radius 2 is 2.14 bits per heavy atom. The van der Waals surface area contributed by atoms with Gasteiger partial charge in [-0.2, -0.15) is 0 Å². The average molecular weight is 279 g/mol. The summed E-state index contributed by atoms with van der Waals surface area (Å²) in [6.07, 6.45) is 3.38. The van der Waals surface area contributed by atoms with Crippen LogP contribution in [0.5, 0.6) is 0 Å². The van der Waals surface area contributed by atoms with Gasteiger partial charge in [-0.1, -0.05) is 0 Å². The van der Waals surface area contributed by atoms with Crippen LogP contribution in [0.2, 0.25) is 0 Å². The zero-order chi connectivity index (χ0) is 9.97. The molecule has 6 heteroatoms. The van der Waals surface area contributed by atoms with Gasteiger partial charge in [0.25, 0.3) is 0 Å². The normalized spacial score (nSPS) is 26.4. The molecule has 1 N–H and O–H groups in total. The summed E-state index contributed by atoms with van der Waals surface area (Å²) >= 11 is 9.27. The number of hydrogen-bond acceptors (Lipinski definition) is 4. The van der Waals surface area contributed by atoms with Crippen LogP contribution in [-0.2, 0) is 4.74 Å². The Morgan fingerprint density at radius 3 is 2.71 bits per heavy atom. The molecule has 1 saturated heterocycles. The molecule has 0 bridgehead atoms. The van der Waals surface area contributed by atoms with Crippen LogP contribution in [-0.4, -0.2) is 34.6 Å². The summed E-state index contributed by atoms with van der Waals surface area (Å²) in [4.78, 5) is 8.19. The Bertz CT molecular complexity index is 308. The maximum absolute atomic E-state index is 6.01. The molecule has 1 aromatic heterocycles. The van der Waals surface area contributed by atoms with Crippen molar-refractivity contribution in [2.75, 3.05) is 18.5 Å². The van der Waals surface area contributed by atoms with Gasteiger partial charge < -0.3 is 10.1 Å². The molecule has 1 aliphatic heterocycles. The van der Waals surface area contributed by atoms with Gasteiger partial charge in [0, 0.05) is 12.4 Å². The standard InChI is InChI=1S/C8H9BrClN3O/c9-5-1-11-8(12-2-5)13-7-4-14-3-6(7)10/h1-2,6-7H,3-4H2,(H,11,12,13). The number of ether oxygens (including phenoxy) is 1. The maximum Gasteiger partial charge on any atom is 0.223 e. The molecule has 0 saturated carbocycles. The molecule has 14 heavy (non-hydrogen) atoms. The highest BCUT2D eigenvalue weighted by molar-refractivity contribution is 9.10. The largest absolute Gasteiger partial charge is 0.378 e. The van der Waals surface area contributed by atoms with Gasteiger partial charge in [-0.3, -0.25) is 0 Å². The first kappa shape index (κ1) is 10.1. The van der Waals surface area contributed by atoms with E-state index in [2.05, 4.69) is 31.2 Å². The molecule has 0 radical (unpaired) electrons. The maximum atomic E-state index is 6.01. The number of nitrogens with one attached hydrogen (secondary N) is 1. The van der Waals surface area contributed by atoms with Crippen LogP contribution in [0.25, 0.3) is 0 Å². The number of aromatic nitrogens is 2. The monoisotopic (exact) mass is 277 g/mol. The SMILES string of the molecule is ClC1COCC1Nc1ncc(Br)cn1. The highest BCUT2D eigenvalue weighted by Crippen LogP contribution is 2.16. The van der Waals surface area contributed by atoms with Crippen molar-refractivity contribution in [1.82, 2.24) is 9.97 Å². The third kappa shape index (κ3) is 2.34. The predicted octanol–water partition coefficient (Wildman–Crippen LogP) is 1.66. The number of nitrogens with zero attached hydrogens (tertiary/aromatic N) is 2. The summed E-state index contributed by atoms with van der Waals surface area (Å²) in [5, 5.41) is 3.11. The van der Waals surface area contributed by atoms with E-state index in [0.29, 0.717) is 19.2 Å². The Kier molecular flexibility index (Phi) is 3.20. The number of halogens is 2. The fraction of sp³-hybridized carbons (Fsp3) is 0.500. The van der Waals surface area contributed by atoms with Crippen molar-refractivity contribution >= 4 is 33.5 Å². The van der Waals surface area contributed by atoms with E-state index in [4.69, 9.17) is 16.3 Å². The van der Waals surface area contributed by atoms with Crippen LogP contribution in [0.3, 0.4) is 0 Å². The van der Waals surface area contributed by atoms with E-state index in [1.165, 1.54) is 0 Å². The molecule has 2 heterocycles. The van der Waals surface area contributed by atoms with Gasteiger partial charge in [-0.15, -0.1) is 11.6 Å². The first-order valence-electron chi connectivity index (χ1n) is 4.21. The first-order chi connectivity index (χ1) is 6.75. The molecule has 0 aromatic carbocycles. The summed E-state index contributed by atoms with van der Waals surface area (Å²) in [5.74, 6) is 0.578. The Balaban J connectivity index is 2.00. The van der Waals surface area contributed by atoms with Gasteiger partial charge in [0.2, 0.25) is 5.95 Å². The van der Waals surface area contributed by atoms with Crippen molar-refractivity contribution in [3.05, 3.63) is 16.9 Å². The topological polar surface area (TPSA) is 47.0 Å². The summed E-state index contributed by atoms with van der Waals surface area (Å²) in [7, 11) is 0. The van der Waals surface area contributed by atoms with E-state index in [0.717, 1.165) is 4.47 Å². The minimum atomic E-state index is -0.0118. The molecule has 0 spiro atoms. The van der Waals surface area contributed by atoms with Crippen LogP contribution >= 0.6 is 27.5 Å². The fourth-order valence-corrected chi connectivity index (χ4v) is 1.64. The van der Waals surface area contributed by atoms with Crippen LogP contribution in [0.15, 0.2) is 16.9 Å². The molecular weight excluding hydrogens is 269 g/mol. The zero-order valence-corrected chi connectivity index (χ0v) is 9.62. The first-order valence-corrected chi connectivity index (χ1v) is 5.44. The third-order valence-corrected chi connectivity index (χ3v) is 2.79. The molecule has 2 unspecified atom stereocenters. The summed E-state index contributed by atoms with van der Waals surface area (Å²) in [6, 6.07) is 0.0952.